The fourth-order valence-corrected chi connectivity index (χ4v) is 8.94. The van der Waals surface area contributed by atoms with Gasteiger partial charge in [-0.25, -0.2) is 0 Å². The first-order chi connectivity index (χ1) is 27.5. The molecule has 1 aliphatic heterocycles. The Balaban J connectivity index is 1.06. The second-order valence-corrected chi connectivity index (χ2v) is 15.3. The predicted molar refractivity (Wildman–Crippen MR) is 231 cm³/mol. The molecule has 0 N–H and O–H groups in total. The van der Waals surface area contributed by atoms with Crippen LogP contribution in [0.1, 0.15) is 25.0 Å². The monoisotopic (exact) mass is 719 g/mol. The fourth-order valence-electron chi connectivity index (χ4n) is 8.94. The van der Waals surface area contributed by atoms with Gasteiger partial charge in [-0.3, -0.25) is 0 Å². The van der Waals surface area contributed by atoms with E-state index < -0.39 is 0 Å². The number of benzene rings is 9. The van der Waals surface area contributed by atoms with Crippen molar-refractivity contribution in [3.63, 3.8) is 0 Å². The lowest BCUT2D eigenvalue weighted by Crippen LogP contribution is -2.16. The zero-order chi connectivity index (χ0) is 37.4. The van der Waals surface area contributed by atoms with Crippen molar-refractivity contribution in [2.24, 2.45) is 0 Å². The lowest BCUT2D eigenvalue weighted by Gasteiger charge is -2.29. The zero-order valence-electron chi connectivity index (χ0n) is 31.2. The summed E-state index contributed by atoms with van der Waals surface area (Å²) in [5, 5.41) is 4.39. The normalized spacial score (nSPS) is 13.2. The minimum Gasteiger partial charge on any atom is -0.453 e. The highest BCUT2D eigenvalue weighted by Crippen LogP contribution is 2.52. The highest BCUT2D eigenvalue weighted by Gasteiger charge is 2.36. The van der Waals surface area contributed by atoms with E-state index in [9.17, 15) is 0 Å². The lowest BCUT2D eigenvalue weighted by atomic mass is 9.82. The Morgan fingerprint density at radius 3 is 1.82 bits per heavy atom. The van der Waals surface area contributed by atoms with E-state index in [1.54, 1.807) is 0 Å². The molecule has 0 bridgehead atoms. The molecule has 0 atom stereocenters. The van der Waals surface area contributed by atoms with E-state index in [0.29, 0.717) is 11.5 Å². The van der Waals surface area contributed by atoms with Gasteiger partial charge in [-0.1, -0.05) is 147 Å². The smallest absolute Gasteiger partial charge is 0.170 e. The minimum atomic E-state index is -0.124. The molecule has 2 aliphatic rings. The number of rotatable bonds is 5. The Labute approximate surface area is 326 Å². The molecule has 9 aromatic rings. The summed E-state index contributed by atoms with van der Waals surface area (Å²) in [7, 11) is 0. The van der Waals surface area contributed by atoms with Gasteiger partial charge in [-0.15, -0.1) is 0 Å². The topological polar surface area (TPSA) is 21.7 Å². The Bertz CT molecular complexity index is 2990. The Morgan fingerprint density at radius 2 is 1.02 bits per heavy atom. The van der Waals surface area contributed by atoms with Gasteiger partial charge in [0.15, 0.2) is 11.5 Å². The summed E-state index contributed by atoms with van der Waals surface area (Å²) in [6.07, 6.45) is 0. The molecular formula is C53H37NO2. The standard InChI is InChI=1S/C53H37NO2/c1-53(2)45-19-9-8-17-42(45)43-28-27-39(33-46(43)53)54(38-25-22-35(23-26-38)34-12-4-3-5-13-34)47-30-29-40(41-16-6-7-18-44(41)47)37-24-31-48-51(32-37)56-50-21-11-15-36-14-10-20-49(55-48)52(36)50/h3-33H,1-2H3. The number of fused-ring (bicyclic) bond motifs is 5. The van der Waals surface area contributed by atoms with E-state index in [0.717, 1.165) is 61.2 Å². The summed E-state index contributed by atoms with van der Waals surface area (Å²) in [6, 6.07) is 67.2. The maximum Gasteiger partial charge on any atom is 0.170 e. The van der Waals surface area contributed by atoms with Gasteiger partial charge in [0, 0.05) is 22.2 Å². The zero-order valence-corrected chi connectivity index (χ0v) is 31.2. The number of nitrogens with zero attached hydrogens (tertiary/aromatic N) is 1. The summed E-state index contributed by atoms with van der Waals surface area (Å²) >= 11 is 0. The molecule has 0 amide bonds. The molecule has 0 unspecified atom stereocenters. The molecule has 3 nitrogen and oxygen atoms in total. The molecule has 1 heterocycles. The average Bonchev–Trinajstić information content (AvgIpc) is 3.35. The fraction of sp³-hybridized carbons (Fsp3) is 0.0566. The van der Waals surface area contributed by atoms with Crippen LogP contribution in [0.3, 0.4) is 0 Å². The number of anilines is 3. The van der Waals surface area contributed by atoms with Crippen LogP contribution in [0.2, 0.25) is 0 Å². The number of hydrogen-bond acceptors (Lipinski definition) is 3. The van der Waals surface area contributed by atoms with E-state index in [2.05, 4.69) is 176 Å². The van der Waals surface area contributed by atoms with Crippen molar-refractivity contribution in [3.8, 4) is 56.4 Å². The Hall–Kier alpha value is -7.10. The molecular weight excluding hydrogens is 683 g/mol. The van der Waals surface area contributed by atoms with Gasteiger partial charge in [0.05, 0.1) is 11.1 Å². The van der Waals surface area contributed by atoms with Crippen molar-refractivity contribution >= 4 is 38.6 Å². The van der Waals surface area contributed by atoms with Crippen molar-refractivity contribution in [1.82, 2.24) is 0 Å². The van der Waals surface area contributed by atoms with E-state index in [4.69, 9.17) is 9.47 Å². The van der Waals surface area contributed by atoms with E-state index in [1.807, 2.05) is 30.3 Å². The summed E-state index contributed by atoms with van der Waals surface area (Å²) in [6.45, 7) is 4.69. The molecule has 0 fully saturated rings. The van der Waals surface area contributed by atoms with Crippen LogP contribution in [0.5, 0.6) is 23.0 Å². The van der Waals surface area contributed by atoms with Crippen LogP contribution in [-0.4, -0.2) is 0 Å². The van der Waals surface area contributed by atoms with Gasteiger partial charge in [-0.05, 0) is 110 Å². The van der Waals surface area contributed by atoms with Crippen LogP contribution < -0.4 is 14.4 Å². The molecule has 0 radical (unpaired) electrons. The van der Waals surface area contributed by atoms with Crippen LogP contribution >= 0.6 is 0 Å². The molecule has 266 valence electrons. The third kappa shape index (κ3) is 5.05. The van der Waals surface area contributed by atoms with Crippen molar-refractivity contribution in [2.75, 3.05) is 4.90 Å². The average molecular weight is 720 g/mol. The van der Waals surface area contributed by atoms with Crippen LogP contribution in [0.25, 0.3) is 54.9 Å². The molecule has 1 aliphatic carbocycles. The van der Waals surface area contributed by atoms with Crippen molar-refractivity contribution in [2.45, 2.75) is 19.3 Å². The second kappa shape index (κ2) is 12.5. The SMILES string of the molecule is CC1(C)c2ccccc2-c2ccc(N(c3ccc(-c4ccccc4)cc3)c3ccc(-c4ccc5c(c4)Oc4cccc6cccc(c46)O5)c4ccccc34)cc21. The largest absolute Gasteiger partial charge is 0.453 e. The molecule has 3 heteroatoms. The van der Waals surface area contributed by atoms with Crippen LogP contribution in [0, 0.1) is 0 Å². The number of hydrogen-bond donors (Lipinski definition) is 0. The van der Waals surface area contributed by atoms with Gasteiger partial charge in [0.2, 0.25) is 0 Å². The highest BCUT2D eigenvalue weighted by molar-refractivity contribution is 6.06. The Kier molecular flexibility index (Phi) is 7.20. The minimum absolute atomic E-state index is 0.124. The Morgan fingerprint density at radius 1 is 0.393 bits per heavy atom. The van der Waals surface area contributed by atoms with Crippen LogP contribution in [0.4, 0.5) is 17.1 Å². The lowest BCUT2D eigenvalue weighted by molar-refractivity contribution is 0.439. The second-order valence-electron chi connectivity index (χ2n) is 15.3. The maximum atomic E-state index is 6.61. The van der Waals surface area contributed by atoms with Crippen molar-refractivity contribution in [1.29, 1.82) is 0 Å². The van der Waals surface area contributed by atoms with Crippen LogP contribution in [0.15, 0.2) is 188 Å². The van der Waals surface area contributed by atoms with Gasteiger partial charge >= 0.3 is 0 Å². The van der Waals surface area contributed by atoms with Gasteiger partial charge in [0.25, 0.3) is 0 Å². The molecule has 0 spiro atoms. The molecule has 0 saturated carbocycles. The number of ether oxygens (including phenoxy) is 2. The molecule has 9 aromatic carbocycles. The van der Waals surface area contributed by atoms with E-state index in [1.165, 1.54) is 33.4 Å². The quantitative estimate of drug-likeness (QED) is 0.177. The van der Waals surface area contributed by atoms with Gasteiger partial charge < -0.3 is 14.4 Å². The summed E-state index contributed by atoms with van der Waals surface area (Å²) in [5.41, 5.74) is 13.1. The third-order valence-corrected chi connectivity index (χ3v) is 11.7. The predicted octanol–water partition coefficient (Wildman–Crippen LogP) is 15.0. The van der Waals surface area contributed by atoms with Gasteiger partial charge in [0.1, 0.15) is 11.5 Å². The summed E-state index contributed by atoms with van der Waals surface area (Å²) < 4.78 is 13.1. The first-order valence-electron chi connectivity index (χ1n) is 19.2. The maximum absolute atomic E-state index is 6.61. The van der Waals surface area contributed by atoms with E-state index in [-0.39, 0.29) is 5.41 Å². The van der Waals surface area contributed by atoms with Gasteiger partial charge in [-0.2, -0.15) is 0 Å². The highest BCUT2D eigenvalue weighted by atomic mass is 16.5. The molecule has 56 heavy (non-hydrogen) atoms. The van der Waals surface area contributed by atoms with E-state index >= 15 is 0 Å². The molecule has 11 rings (SSSR count). The summed E-state index contributed by atoms with van der Waals surface area (Å²) in [5.74, 6) is 2.99. The first kappa shape index (κ1) is 32.3. The van der Waals surface area contributed by atoms with Crippen LogP contribution in [-0.2, 0) is 5.41 Å². The molecule has 0 aromatic heterocycles. The summed E-state index contributed by atoms with van der Waals surface area (Å²) in [4.78, 5) is 2.42. The van der Waals surface area contributed by atoms with Crippen molar-refractivity contribution in [3.05, 3.63) is 199 Å². The third-order valence-electron chi connectivity index (χ3n) is 11.7. The molecule has 0 saturated heterocycles. The first-order valence-corrected chi connectivity index (χ1v) is 19.2. The van der Waals surface area contributed by atoms with Crippen molar-refractivity contribution < 1.29 is 9.47 Å².